The molecule has 0 fully saturated rings. The number of aromatic nitrogens is 1. The van der Waals surface area contributed by atoms with Gasteiger partial charge in [-0.05, 0) is 5.56 Å². The number of esters is 1. The molecule has 0 aliphatic heterocycles. The average Bonchev–Trinajstić information content (AvgIpc) is 2.53. The van der Waals surface area contributed by atoms with Gasteiger partial charge in [-0.1, -0.05) is 30.3 Å². The van der Waals surface area contributed by atoms with Crippen LogP contribution in [0.15, 0.2) is 48.7 Å². The molecule has 25 heavy (non-hydrogen) atoms. The zero-order valence-corrected chi connectivity index (χ0v) is 13.3. The van der Waals surface area contributed by atoms with Crippen molar-refractivity contribution in [3.63, 3.8) is 0 Å². The van der Waals surface area contributed by atoms with Gasteiger partial charge < -0.3 is 22.0 Å². The van der Waals surface area contributed by atoms with E-state index in [4.69, 9.17) is 10.00 Å². The van der Waals surface area contributed by atoms with E-state index >= 15 is 0 Å². The summed E-state index contributed by atoms with van der Waals surface area (Å²) in [6, 6.07) is 15.1. The first kappa shape index (κ1) is 20.2. The van der Waals surface area contributed by atoms with Crippen molar-refractivity contribution in [2.24, 2.45) is 7.05 Å². The van der Waals surface area contributed by atoms with E-state index in [0.717, 1.165) is 11.1 Å². The van der Waals surface area contributed by atoms with Crippen LogP contribution in [-0.4, -0.2) is 13.2 Å². The minimum atomic E-state index is -6.00. The zero-order valence-electron chi connectivity index (χ0n) is 13.3. The van der Waals surface area contributed by atoms with Crippen LogP contribution < -0.4 is 4.57 Å². The highest BCUT2D eigenvalue weighted by Crippen LogP contribution is 2.07. The third-order valence-corrected chi connectivity index (χ3v) is 2.92. The Morgan fingerprint density at radius 3 is 2.32 bits per heavy atom. The lowest BCUT2D eigenvalue weighted by atomic mass is 10.1. The first-order valence-electron chi connectivity index (χ1n) is 7.14. The summed E-state index contributed by atoms with van der Waals surface area (Å²) in [6.07, 6.45) is 2.03. The van der Waals surface area contributed by atoms with Crippen LogP contribution in [0.1, 0.15) is 16.8 Å². The Morgan fingerprint density at radius 2 is 1.76 bits per heavy atom. The molecule has 4 nitrogen and oxygen atoms in total. The SMILES string of the molecule is C[n+]1ccc(COC(=O)Cc2ccccc2)cc1C#N.F[B-](F)(F)F. The molecular weight excluding hydrogens is 339 g/mol. The number of carbonyl (C=O) groups is 1. The number of hydrogen-bond donors (Lipinski definition) is 0. The van der Waals surface area contributed by atoms with E-state index in [1.807, 2.05) is 36.4 Å². The lowest BCUT2D eigenvalue weighted by Gasteiger charge is -2.05. The summed E-state index contributed by atoms with van der Waals surface area (Å²) in [5, 5.41) is 8.94. The average molecular weight is 354 g/mol. The summed E-state index contributed by atoms with van der Waals surface area (Å²) in [6.45, 7) is 0.182. The maximum Gasteiger partial charge on any atom is 0.673 e. The standard InChI is InChI=1S/C16H15N2O2.BF4/c1-18-8-7-14(9-15(18)11-17)12-20-16(19)10-13-5-3-2-4-6-13;2-1(3,4)5/h2-9H,10,12H2,1H3;/q+1;-1. The van der Waals surface area contributed by atoms with E-state index < -0.39 is 7.25 Å². The maximum absolute atomic E-state index is 11.7. The first-order chi connectivity index (χ1) is 11.7. The molecule has 0 bridgehead atoms. The number of hydrogen-bond acceptors (Lipinski definition) is 3. The lowest BCUT2D eigenvalue weighted by molar-refractivity contribution is -0.674. The van der Waals surface area contributed by atoms with Gasteiger partial charge in [0, 0.05) is 17.7 Å². The quantitative estimate of drug-likeness (QED) is 0.367. The number of nitrogens with zero attached hydrogens (tertiary/aromatic N) is 2. The molecular formula is C16H15BF4N2O2. The molecule has 0 aliphatic carbocycles. The Labute approximate surface area is 142 Å². The smallest absolute Gasteiger partial charge is 0.461 e. The minimum absolute atomic E-state index is 0.182. The highest BCUT2D eigenvalue weighted by Gasteiger charge is 2.20. The second-order valence-corrected chi connectivity index (χ2v) is 4.96. The minimum Gasteiger partial charge on any atom is -0.461 e. The Hall–Kier alpha value is -2.89. The Morgan fingerprint density at radius 1 is 1.16 bits per heavy atom. The molecule has 9 heteroatoms. The number of nitriles is 1. The van der Waals surface area contributed by atoms with Gasteiger partial charge in [0.05, 0.1) is 6.42 Å². The Kier molecular flexibility index (Phi) is 7.60. The van der Waals surface area contributed by atoms with Gasteiger partial charge in [0.2, 0.25) is 0 Å². The number of pyridine rings is 1. The van der Waals surface area contributed by atoms with Crippen LogP contribution >= 0.6 is 0 Å². The highest BCUT2D eigenvalue weighted by molar-refractivity contribution is 6.50. The van der Waals surface area contributed by atoms with E-state index in [9.17, 15) is 22.1 Å². The summed E-state index contributed by atoms with van der Waals surface area (Å²) < 4.78 is 45.9. The molecule has 1 heterocycles. The lowest BCUT2D eigenvalue weighted by Crippen LogP contribution is -2.31. The predicted octanol–water partition coefficient (Wildman–Crippen LogP) is 2.97. The second kappa shape index (κ2) is 9.42. The number of rotatable bonds is 4. The molecule has 0 spiro atoms. The van der Waals surface area contributed by atoms with Crippen LogP contribution in [0.25, 0.3) is 0 Å². The van der Waals surface area contributed by atoms with Crippen LogP contribution in [0.3, 0.4) is 0 Å². The van der Waals surface area contributed by atoms with E-state index in [1.165, 1.54) is 0 Å². The van der Waals surface area contributed by atoms with Crippen LogP contribution in [-0.2, 0) is 29.6 Å². The highest BCUT2D eigenvalue weighted by atomic mass is 19.5. The topological polar surface area (TPSA) is 54.0 Å². The number of halogens is 4. The summed E-state index contributed by atoms with van der Waals surface area (Å²) in [5.74, 6) is -0.275. The monoisotopic (exact) mass is 354 g/mol. The van der Waals surface area contributed by atoms with Crippen molar-refractivity contribution in [1.29, 1.82) is 5.26 Å². The predicted molar refractivity (Wildman–Crippen MR) is 82.5 cm³/mol. The fraction of sp³-hybridized carbons (Fsp3) is 0.188. The van der Waals surface area contributed by atoms with Gasteiger partial charge in [-0.25, -0.2) is 0 Å². The molecule has 0 N–H and O–H groups in total. The number of ether oxygens (including phenoxy) is 1. The Balaban J connectivity index is 0.000000550. The second-order valence-electron chi connectivity index (χ2n) is 4.96. The molecule has 1 aromatic carbocycles. The first-order valence-corrected chi connectivity index (χ1v) is 7.14. The molecule has 0 saturated carbocycles. The number of aryl methyl sites for hydroxylation is 1. The fourth-order valence-electron chi connectivity index (χ4n) is 1.79. The van der Waals surface area contributed by atoms with Crippen molar-refractivity contribution in [3.05, 3.63) is 65.5 Å². The van der Waals surface area contributed by atoms with E-state index in [0.29, 0.717) is 5.69 Å². The van der Waals surface area contributed by atoms with Crippen molar-refractivity contribution in [3.8, 4) is 6.07 Å². The van der Waals surface area contributed by atoms with Crippen molar-refractivity contribution >= 4 is 13.2 Å². The van der Waals surface area contributed by atoms with Gasteiger partial charge in [0.25, 0.3) is 5.69 Å². The molecule has 0 saturated heterocycles. The van der Waals surface area contributed by atoms with Gasteiger partial charge in [0.15, 0.2) is 12.3 Å². The van der Waals surface area contributed by atoms with Crippen molar-refractivity contribution in [2.75, 3.05) is 0 Å². The van der Waals surface area contributed by atoms with E-state index in [2.05, 4.69) is 6.07 Å². The van der Waals surface area contributed by atoms with Gasteiger partial charge in [-0.2, -0.15) is 9.83 Å². The van der Waals surface area contributed by atoms with E-state index in [-0.39, 0.29) is 19.0 Å². The van der Waals surface area contributed by atoms with Gasteiger partial charge in [-0.3, -0.25) is 4.79 Å². The van der Waals surface area contributed by atoms with Crippen LogP contribution in [0, 0.1) is 11.3 Å². The molecule has 2 aromatic rings. The molecule has 0 radical (unpaired) electrons. The molecule has 1 aromatic heterocycles. The fourth-order valence-corrected chi connectivity index (χ4v) is 1.79. The molecule has 2 rings (SSSR count). The van der Waals surface area contributed by atoms with Crippen molar-refractivity contribution < 1.29 is 31.4 Å². The van der Waals surface area contributed by atoms with Gasteiger partial charge >= 0.3 is 13.2 Å². The molecule has 0 unspecified atom stereocenters. The zero-order chi connectivity index (χ0) is 18.9. The van der Waals surface area contributed by atoms with E-state index in [1.54, 1.807) is 23.9 Å². The summed E-state index contributed by atoms with van der Waals surface area (Å²) in [4.78, 5) is 11.7. The normalized spacial score (nSPS) is 10.2. The largest absolute Gasteiger partial charge is 0.673 e. The van der Waals surface area contributed by atoms with Gasteiger partial charge in [0.1, 0.15) is 13.7 Å². The third kappa shape index (κ3) is 9.10. The van der Waals surface area contributed by atoms with Crippen LogP contribution in [0.4, 0.5) is 17.3 Å². The van der Waals surface area contributed by atoms with Crippen molar-refractivity contribution in [2.45, 2.75) is 13.0 Å². The van der Waals surface area contributed by atoms with Crippen LogP contribution in [0.5, 0.6) is 0 Å². The van der Waals surface area contributed by atoms with Gasteiger partial charge in [-0.15, -0.1) is 0 Å². The summed E-state index contributed by atoms with van der Waals surface area (Å²) in [5.41, 5.74) is 2.26. The Bertz CT molecular complexity index is 740. The summed E-state index contributed by atoms with van der Waals surface area (Å²) in [7, 11) is -4.20. The number of benzene rings is 1. The molecule has 0 aliphatic rings. The van der Waals surface area contributed by atoms with Crippen LogP contribution in [0.2, 0.25) is 0 Å². The summed E-state index contributed by atoms with van der Waals surface area (Å²) >= 11 is 0. The van der Waals surface area contributed by atoms with Crippen molar-refractivity contribution in [1.82, 2.24) is 0 Å². The molecule has 0 atom stereocenters. The molecule has 0 amide bonds. The molecule has 132 valence electrons. The third-order valence-electron chi connectivity index (χ3n) is 2.92. The maximum atomic E-state index is 11.7. The number of carbonyl (C=O) groups excluding carboxylic acids is 1.